The number of nitrogens with zero attached hydrogens (tertiary/aromatic N) is 1. The fourth-order valence-corrected chi connectivity index (χ4v) is 4.18. The quantitative estimate of drug-likeness (QED) is 0.388. The van der Waals surface area contributed by atoms with Crippen LogP contribution in [0, 0.1) is 0 Å². The van der Waals surface area contributed by atoms with Crippen LogP contribution in [0.2, 0.25) is 0 Å². The van der Waals surface area contributed by atoms with Crippen LogP contribution in [0.25, 0.3) is 0 Å². The Bertz CT molecular complexity index is 326. The number of rotatable bonds is 13. The Labute approximate surface area is 155 Å². The van der Waals surface area contributed by atoms with Gasteiger partial charge in [-0.25, -0.2) is 0 Å². The van der Waals surface area contributed by atoms with Gasteiger partial charge in [0.05, 0.1) is 17.2 Å². The molecule has 0 aromatic carbocycles. The number of unbranched alkanes of at least 4 members (excludes halogenated alkanes) is 9. The van der Waals surface area contributed by atoms with Gasteiger partial charge in [0.25, 0.3) is 0 Å². The Balaban J connectivity index is 2.00. The average molecular weight is 359 g/mol. The minimum atomic E-state index is -0.108. The highest BCUT2D eigenvalue weighted by molar-refractivity contribution is 4.96. The monoisotopic (exact) mass is 358 g/mol. The van der Waals surface area contributed by atoms with Crippen molar-refractivity contribution in [2.24, 2.45) is 0 Å². The lowest BCUT2D eigenvalue weighted by atomic mass is 9.80. The van der Waals surface area contributed by atoms with Crippen LogP contribution in [0.1, 0.15) is 105 Å². The number of aliphatic hydroxyl groups is 1. The van der Waals surface area contributed by atoms with Gasteiger partial charge < -0.3 is 15.1 Å². The molecule has 0 saturated carbocycles. The molecule has 0 amide bonds. The van der Waals surface area contributed by atoms with Gasteiger partial charge in [-0.15, -0.1) is 0 Å². The van der Waals surface area contributed by atoms with Gasteiger partial charge >= 0.3 is 0 Å². The largest absolute Gasteiger partial charge is 0.396 e. The van der Waals surface area contributed by atoms with E-state index in [0.29, 0.717) is 12.7 Å². The summed E-state index contributed by atoms with van der Waals surface area (Å²) in [4.78, 5) is 0. The van der Waals surface area contributed by atoms with E-state index < -0.39 is 0 Å². The van der Waals surface area contributed by atoms with Crippen molar-refractivity contribution in [1.82, 2.24) is 5.06 Å². The predicted octanol–water partition coefficient (Wildman–Crippen LogP) is 4.56. The highest BCUT2D eigenvalue weighted by atomic mass is 16.5. The van der Waals surface area contributed by atoms with E-state index in [0.717, 1.165) is 25.9 Å². The number of aliphatic hydroxyl groups excluding tert-OH is 1. The number of piperidine rings is 1. The van der Waals surface area contributed by atoms with E-state index in [-0.39, 0.29) is 11.1 Å². The molecule has 0 aliphatic carbocycles. The zero-order chi connectivity index (χ0) is 18.8. The van der Waals surface area contributed by atoms with Crippen LogP contribution in [0.4, 0.5) is 0 Å². The molecule has 3 N–H and O–H groups in total. The summed E-state index contributed by atoms with van der Waals surface area (Å²) in [6, 6.07) is 0. The van der Waals surface area contributed by atoms with Gasteiger partial charge in [-0.2, -0.15) is 0 Å². The van der Waals surface area contributed by atoms with Crippen molar-refractivity contribution in [3.63, 3.8) is 0 Å². The zero-order valence-corrected chi connectivity index (χ0v) is 17.3. The Morgan fingerprint density at radius 1 is 0.800 bits per heavy atom. The van der Waals surface area contributed by atoms with Gasteiger partial charge in [0, 0.05) is 13.2 Å². The minimum Gasteiger partial charge on any atom is -0.396 e. The third-order valence-electron chi connectivity index (χ3n) is 5.57. The van der Waals surface area contributed by atoms with Crippen LogP contribution in [-0.2, 0) is 4.74 Å². The molecule has 1 fully saturated rings. The molecule has 1 aliphatic rings. The first-order valence-corrected chi connectivity index (χ1v) is 10.5. The number of hydrogen-bond donors (Lipinski definition) is 1. The molecular formula is C21H44NO3+. The smallest absolute Gasteiger partial charge is 0.0859 e. The lowest BCUT2D eigenvalue weighted by molar-refractivity contribution is -0.261. The van der Waals surface area contributed by atoms with E-state index >= 15 is 0 Å². The van der Waals surface area contributed by atoms with Crippen molar-refractivity contribution in [2.75, 3.05) is 13.2 Å². The van der Waals surface area contributed by atoms with Crippen molar-refractivity contribution >= 4 is 0 Å². The molecule has 1 heterocycles. The molecular weight excluding hydrogens is 314 g/mol. The van der Waals surface area contributed by atoms with Gasteiger partial charge in [-0.05, 0) is 53.4 Å². The first-order chi connectivity index (χ1) is 11.8. The second-order valence-electron chi connectivity index (χ2n) is 9.12. The van der Waals surface area contributed by atoms with Crippen molar-refractivity contribution in [1.29, 1.82) is 0 Å². The number of ether oxygens (including phenoxy) is 1. The molecule has 1 saturated heterocycles. The van der Waals surface area contributed by atoms with Crippen molar-refractivity contribution in [2.45, 2.75) is 122 Å². The molecule has 0 spiro atoms. The van der Waals surface area contributed by atoms with Crippen LogP contribution in [0.5, 0.6) is 0 Å². The van der Waals surface area contributed by atoms with E-state index in [4.69, 9.17) is 15.1 Å². The molecule has 1 rings (SSSR count). The highest BCUT2D eigenvalue weighted by Gasteiger charge is 2.48. The molecule has 0 aromatic heterocycles. The Kier molecular flexibility index (Phi) is 10.6. The third kappa shape index (κ3) is 8.85. The SMILES string of the molecule is CC1(C)CC(OCCCCCCCCCCCCO)CC(C)(C)N1[OH2+]. The summed E-state index contributed by atoms with van der Waals surface area (Å²) in [6.07, 6.45) is 14.8. The molecule has 25 heavy (non-hydrogen) atoms. The first kappa shape index (κ1) is 22.9. The maximum Gasteiger partial charge on any atom is 0.0859 e. The van der Waals surface area contributed by atoms with E-state index in [1.165, 1.54) is 57.8 Å². The summed E-state index contributed by atoms with van der Waals surface area (Å²) >= 11 is 0. The van der Waals surface area contributed by atoms with Crippen LogP contribution < -0.4 is 0 Å². The molecule has 4 heteroatoms. The van der Waals surface area contributed by atoms with Crippen molar-refractivity contribution < 1.29 is 15.1 Å². The fourth-order valence-electron chi connectivity index (χ4n) is 4.18. The predicted molar refractivity (Wildman–Crippen MR) is 106 cm³/mol. The van der Waals surface area contributed by atoms with E-state index in [1.807, 2.05) is 0 Å². The second-order valence-corrected chi connectivity index (χ2v) is 9.12. The normalized spacial score (nSPS) is 20.9. The maximum absolute atomic E-state index is 8.74. The summed E-state index contributed by atoms with van der Waals surface area (Å²) < 4.78 is 6.15. The van der Waals surface area contributed by atoms with Gasteiger partial charge in [-0.1, -0.05) is 56.4 Å². The minimum absolute atomic E-state index is 0.108. The average Bonchev–Trinajstić information content (AvgIpc) is 2.53. The van der Waals surface area contributed by atoms with Crippen molar-refractivity contribution in [3.8, 4) is 0 Å². The van der Waals surface area contributed by atoms with E-state index in [9.17, 15) is 0 Å². The summed E-state index contributed by atoms with van der Waals surface area (Å²) in [7, 11) is 0. The molecule has 1 aliphatic heterocycles. The summed E-state index contributed by atoms with van der Waals surface area (Å²) in [5.41, 5.74) is -0.215. The van der Waals surface area contributed by atoms with Gasteiger partial charge in [-0.3, -0.25) is 0 Å². The van der Waals surface area contributed by atoms with Crippen LogP contribution >= 0.6 is 0 Å². The zero-order valence-electron chi connectivity index (χ0n) is 17.3. The summed E-state index contributed by atoms with van der Waals surface area (Å²) in [6.45, 7) is 9.83. The van der Waals surface area contributed by atoms with Crippen LogP contribution in [0.3, 0.4) is 0 Å². The summed E-state index contributed by atoms with van der Waals surface area (Å²) in [5, 5.41) is 18.8. The standard InChI is InChI=1S/C21H43NO3/c1-20(2)17-19(18-21(3,4)22(20)24)25-16-14-12-10-8-6-5-7-9-11-13-15-23/h19,23-24H,5-18H2,1-4H3/p+1. The van der Waals surface area contributed by atoms with Gasteiger partial charge in [0.15, 0.2) is 0 Å². The Hall–Kier alpha value is -0.160. The van der Waals surface area contributed by atoms with Crippen LogP contribution in [0.15, 0.2) is 0 Å². The maximum atomic E-state index is 8.74. The Morgan fingerprint density at radius 2 is 1.20 bits per heavy atom. The van der Waals surface area contributed by atoms with E-state index in [1.54, 1.807) is 5.06 Å². The van der Waals surface area contributed by atoms with Crippen LogP contribution in [-0.4, -0.2) is 45.8 Å². The molecule has 0 unspecified atom stereocenters. The number of hydroxylamine groups is 2. The van der Waals surface area contributed by atoms with E-state index in [2.05, 4.69) is 27.7 Å². The number of hydrogen-bond acceptors (Lipinski definition) is 3. The Morgan fingerprint density at radius 3 is 1.64 bits per heavy atom. The van der Waals surface area contributed by atoms with Gasteiger partial charge in [0.2, 0.25) is 0 Å². The second kappa shape index (κ2) is 11.5. The third-order valence-corrected chi connectivity index (χ3v) is 5.57. The molecule has 0 atom stereocenters. The molecule has 150 valence electrons. The lowest BCUT2D eigenvalue weighted by Gasteiger charge is -2.47. The fraction of sp³-hybridized carbons (Fsp3) is 1.00. The van der Waals surface area contributed by atoms with Gasteiger partial charge in [0.1, 0.15) is 0 Å². The molecule has 0 aromatic rings. The first-order valence-electron chi connectivity index (χ1n) is 10.5. The molecule has 4 nitrogen and oxygen atoms in total. The molecule has 0 radical (unpaired) electrons. The topological polar surface area (TPSA) is 55.6 Å². The highest BCUT2D eigenvalue weighted by Crippen LogP contribution is 2.37. The molecule has 0 bridgehead atoms. The van der Waals surface area contributed by atoms with Crippen molar-refractivity contribution in [3.05, 3.63) is 0 Å². The lowest BCUT2D eigenvalue weighted by Crippen LogP contribution is -2.60. The summed E-state index contributed by atoms with van der Waals surface area (Å²) in [5.74, 6) is 0.